The van der Waals surface area contributed by atoms with Gasteiger partial charge in [0.05, 0.1) is 13.2 Å². The van der Waals surface area contributed by atoms with Crippen LogP contribution in [0.5, 0.6) is 0 Å². The number of hydrogen-bond donors (Lipinski definition) is 0. The van der Waals surface area contributed by atoms with E-state index in [9.17, 15) is 0 Å². The van der Waals surface area contributed by atoms with Crippen molar-refractivity contribution in [3.05, 3.63) is 0 Å². The Morgan fingerprint density at radius 3 is 0.909 bits per heavy atom. The molecule has 2 saturated heterocycles. The van der Waals surface area contributed by atoms with Crippen LogP contribution in [0.4, 0.5) is 0 Å². The molecule has 2 fully saturated rings. The van der Waals surface area contributed by atoms with E-state index in [1.165, 1.54) is 0 Å². The Balaban J connectivity index is 2.93. The van der Waals surface area contributed by atoms with E-state index in [0.717, 1.165) is 0 Å². The molecule has 2 aliphatic heterocycles. The zero-order valence-corrected chi connectivity index (χ0v) is 47.7. The first-order valence-electron chi connectivity index (χ1n) is 20.5. The van der Waals surface area contributed by atoms with Gasteiger partial charge in [-0.2, -0.15) is 0 Å². The maximum Gasteiger partial charge on any atom is 0.187 e. The third kappa shape index (κ3) is 20.6. The van der Waals surface area contributed by atoms with Crippen molar-refractivity contribution in [2.45, 2.75) is 219 Å². The van der Waals surface area contributed by atoms with Gasteiger partial charge in [-0.3, -0.25) is 0 Å². The lowest BCUT2D eigenvalue weighted by Crippen LogP contribution is -2.70. The Morgan fingerprint density at radius 1 is 0.291 bits per heavy atom. The van der Waals surface area contributed by atoms with Crippen LogP contribution in [0.2, 0.25) is 157 Å². The molecular weight excluding hydrogens is 833 g/mol. The van der Waals surface area contributed by atoms with Gasteiger partial charge in [0, 0.05) is 0 Å². The summed E-state index contributed by atoms with van der Waals surface area (Å²) in [6, 6.07) is 0. The summed E-state index contributed by atoms with van der Waals surface area (Å²) in [5.74, 6) is 0. The highest BCUT2D eigenvalue weighted by molar-refractivity contribution is 6.72. The van der Waals surface area contributed by atoms with E-state index < -0.39 is 128 Å². The van der Waals surface area contributed by atoms with Crippen LogP contribution in [-0.2, 0) is 49.6 Å². The molecule has 19 heteroatoms. The van der Waals surface area contributed by atoms with Gasteiger partial charge in [0.25, 0.3) is 0 Å². The van der Waals surface area contributed by atoms with Crippen LogP contribution < -0.4 is 0 Å². The van der Waals surface area contributed by atoms with Crippen LogP contribution in [0.1, 0.15) is 0 Å². The molecule has 0 amide bonds. The lowest BCUT2D eigenvalue weighted by Gasteiger charge is -2.54. The quantitative estimate of drug-likeness (QED) is 0.109. The first-order valence-corrected chi connectivity index (χ1v) is 47.8. The van der Waals surface area contributed by atoms with Gasteiger partial charge in [0.1, 0.15) is 48.8 Å². The van der Waals surface area contributed by atoms with Gasteiger partial charge in [-0.05, 0) is 157 Å². The molecule has 0 aromatic carbocycles. The first kappa shape index (κ1) is 52.4. The van der Waals surface area contributed by atoms with E-state index in [-0.39, 0.29) is 0 Å². The molecule has 0 aromatic rings. The lowest BCUT2D eigenvalue weighted by molar-refractivity contribution is -0.344. The normalized spacial score (nSPS) is 31.2. The van der Waals surface area contributed by atoms with Crippen LogP contribution in [0.15, 0.2) is 0 Å². The molecule has 0 aliphatic carbocycles. The van der Waals surface area contributed by atoms with Gasteiger partial charge in [-0.15, -0.1) is 0 Å². The van der Waals surface area contributed by atoms with E-state index in [1.54, 1.807) is 0 Å². The average Bonchev–Trinajstić information content (AvgIpc) is 2.88. The number of hydrogen-bond acceptors (Lipinski definition) is 11. The van der Waals surface area contributed by atoms with E-state index >= 15 is 0 Å². The van der Waals surface area contributed by atoms with Gasteiger partial charge >= 0.3 is 0 Å². The number of rotatable bonds is 20. The minimum atomic E-state index is -2.23. The predicted molar refractivity (Wildman–Crippen MR) is 246 cm³/mol. The van der Waals surface area contributed by atoms with Crippen molar-refractivity contribution in [3.8, 4) is 0 Å². The summed E-state index contributed by atoms with van der Waals surface area (Å²) in [5.41, 5.74) is 0. The monoisotopic (exact) mass is 918 g/mol. The largest absolute Gasteiger partial charge is 0.415 e. The summed E-state index contributed by atoms with van der Waals surface area (Å²) in [7, 11) is -17.0. The van der Waals surface area contributed by atoms with Crippen LogP contribution >= 0.6 is 0 Å². The predicted octanol–water partition coefficient (Wildman–Crippen LogP) is 9.48. The molecule has 11 nitrogen and oxygen atoms in total. The second-order valence-electron chi connectivity index (χ2n) is 23.2. The van der Waals surface area contributed by atoms with Crippen molar-refractivity contribution >= 4 is 66.5 Å². The first-order chi connectivity index (χ1) is 24.2. The van der Waals surface area contributed by atoms with Crippen LogP contribution in [0.3, 0.4) is 0 Å². The zero-order chi connectivity index (χ0) is 43.0. The van der Waals surface area contributed by atoms with Crippen LogP contribution in [0.25, 0.3) is 0 Å². The molecule has 0 bridgehead atoms. The summed E-state index contributed by atoms with van der Waals surface area (Å²) in [6.07, 6.45) is -5.61. The third-order valence-corrected chi connectivity index (χ3v) is 15.7. The van der Waals surface area contributed by atoms with Crippen molar-refractivity contribution in [2.75, 3.05) is 13.2 Å². The summed E-state index contributed by atoms with van der Waals surface area (Å²) in [4.78, 5) is 0. The maximum absolute atomic E-state index is 7.46. The zero-order valence-electron chi connectivity index (χ0n) is 39.7. The van der Waals surface area contributed by atoms with Crippen molar-refractivity contribution < 1.29 is 49.6 Å². The molecule has 55 heavy (non-hydrogen) atoms. The molecule has 0 spiro atoms. The van der Waals surface area contributed by atoms with E-state index in [0.29, 0.717) is 13.2 Å². The van der Waals surface area contributed by atoms with Gasteiger partial charge < -0.3 is 49.6 Å². The average molecular weight is 920 g/mol. The molecule has 2 rings (SSSR count). The Hall–Kier alpha value is 1.30. The fourth-order valence-corrected chi connectivity index (χ4v) is 13.9. The smallest absolute Gasteiger partial charge is 0.187 e. The highest BCUT2D eigenvalue weighted by Crippen LogP contribution is 2.39. The summed E-state index contributed by atoms with van der Waals surface area (Å²) in [5, 5.41) is 0. The highest BCUT2D eigenvalue weighted by atomic mass is 28.4. The molecule has 0 unspecified atom stereocenters. The fraction of sp³-hybridized carbons (Fsp3) is 1.00. The van der Waals surface area contributed by atoms with Crippen molar-refractivity contribution in [3.63, 3.8) is 0 Å². The van der Waals surface area contributed by atoms with Crippen LogP contribution in [0, 0.1) is 0 Å². The number of ether oxygens (including phenoxy) is 3. The summed E-state index contributed by atoms with van der Waals surface area (Å²) >= 11 is 0. The van der Waals surface area contributed by atoms with Gasteiger partial charge in [0.2, 0.25) is 0 Å². The third-order valence-electron chi connectivity index (χ3n) is 7.75. The Kier molecular flexibility index (Phi) is 18.2. The molecule has 0 saturated carbocycles. The Labute approximate surface area is 346 Å². The van der Waals surface area contributed by atoms with E-state index in [1.807, 2.05) is 0 Å². The molecule has 2 heterocycles. The molecular formula is C36H86O11Si8. The fourth-order valence-electron chi connectivity index (χ4n) is 6.26. The van der Waals surface area contributed by atoms with Gasteiger partial charge in [0.15, 0.2) is 79.1 Å². The summed E-state index contributed by atoms with van der Waals surface area (Å²) < 4.78 is 77.4. The molecule has 2 aliphatic rings. The second-order valence-corrected chi connectivity index (χ2v) is 59.0. The maximum atomic E-state index is 7.46. The molecule has 328 valence electrons. The lowest BCUT2D eigenvalue weighted by atomic mass is 9.97. The molecule has 0 radical (unpaired) electrons. The Bertz CT molecular complexity index is 1180. The van der Waals surface area contributed by atoms with E-state index in [4.69, 9.17) is 49.6 Å². The minimum Gasteiger partial charge on any atom is -0.415 e. The minimum absolute atomic E-state index is 0.321. The molecule has 10 atom stereocenters. The highest BCUT2D eigenvalue weighted by Gasteiger charge is 2.57. The van der Waals surface area contributed by atoms with Crippen molar-refractivity contribution in [1.29, 1.82) is 0 Å². The van der Waals surface area contributed by atoms with Gasteiger partial charge in [-0.1, -0.05) is 0 Å². The van der Waals surface area contributed by atoms with Crippen molar-refractivity contribution in [1.82, 2.24) is 0 Å². The molecule has 0 N–H and O–H groups in total. The topological polar surface area (TPSA) is 102 Å². The Morgan fingerprint density at radius 2 is 0.564 bits per heavy atom. The standard InChI is InChI=1S/C36H86O11Si8/c1-48(2,3)37-25-27-29(31(43-51(10,11)12)34(46-54(19,20)21)36(40-27)47-55(22,23)24)41-35-33(45-53(16,17)18)32(44-52(13,14)15)30(42-50(7,8)9)28(39-35)26-38-49(4,5)6/h27-36H,25-26H2,1-24H3/t27-,28-,29-,30-,31+,32+,33-,34-,35+,36-/m1/s1. The SMILES string of the molecule is C[Si](C)(C)OC[C@H]1O[C@H](O[Si](C)(C)C)[C@H](O[Si](C)(C)C)[C@@H](O[Si](C)(C)C)[C@@H]1O[C@@H]1O[C@H](CO[Si](C)(C)C)[C@@H](O[Si](C)(C)C)[C@H](O[Si](C)(C)C)[C@H]1O[Si](C)(C)C. The van der Waals surface area contributed by atoms with Crippen molar-refractivity contribution in [2.24, 2.45) is 0 Å². The molecule has 0 aromatic heterocycles. The van der Waals surface area contributed by atoms with E-state index in [2.05, 4.69) is 157 Å². The summed E-state index contributed by atoms with van der Waals surface area (Å²) in [6.45, 7) is 53.5. The van der Waals surface area contributed by atoms with Crippen LogP contribution in [-0.4, -0.2) is 141 Å². The van der Waals surface area contributed by atoms with Gasteiger partial charge in [-0.25, -0.2) is 0 Å². The second kappa shape index (κ2) is 19.1.